The number of carbonyl (C=O) groups excluding carboxylic acids is 2. The molecule has 6 nitrogen and oxygen atoms in total. The van der Waals surface area contributed by atoms with Crippen molar-refractivity contribution in [1.82, 2.24) is 4.98 Å². The molecule has 1 amide bonds. The molecule has 0 aliphatic carbocycles. The van der Waals surface area contributed by atoms with Crippen molar-refractivity contribution >= 4 is 45.5 Å². The first kappa shape index (κ1) is 21.7. The van der Waals surface area contributed by atoms with Crippen molar-refractivity contribution in [2.75, 3.05) is 12.0 Å². The van der Waals surface area contributed by atoms with Gasteiger partial charge in [0.25, 0.3) is 11.7 Å². The van der Waals surface area contributed by atoms with Gasteiger partial charge < -0.3 is 9.84 Å². The van der Waals surface area contributed by atoms with Gasteiger partial charge >= 0.3 is 0 Å². The Kier molecular flexibility index (Phi) is 5.51. The van der Waals surface area contributed by atoms with E-state index in [0.29, 0.717) is 22.0 Å². The lowest BCUT2D eigenvalue weighted by Crippen LogP contribution is -2.29. The highest BCUT2D eigenvalue weighted by Gasteiger charge is 2.47. The summed E-state index contributed by atoms with van der Waals surface area (Å²) in [4.78, 5) is 32.4. The molecule has 0 bridgehead atoms. The fourth-order valence-corrected chi connectivity index (χ4v) is 4.54. The van der Waals surface area contributed by atoms with Gasteiger partial charge in [0.05, 0.1) is 30.0 Å². The normalized spacial score (nSPS) is 17.4. The van der Waals surface area contributed by atoms with E-state index in [1.165, 1.54) is 18.1 Å². The number of aliphatic hydroxyl groups excluding tert-OH is 1. The Balaban J connectivity index is 1.80. The predicted molar refractivity (Wildman–Crippen MR) is 131 cm³/mol. The van der Waals surface area contributed by atoms with Crippen LogP contribution in [-0.4, -0.2) is 28.9 Å². The van der Waals surface area contributed by atoms with Gasteiger partial charge in [0.15, 0.2) is 0 Å². The fourth-order valence-electron chi connectivity index (χ4n) is 4.37. The smallest absolute Gasteiger partial charge is 0.300 e. The summed E-state index contributed by atoms with van der Waals surface area (Å²) in [5.41, 5.74) is 1.37. The Labute approximate surface area is 200 Å². The molecule has 5 rings (SSSR count). The van der Waals surface area contributed by atoms with Crippen LogP contribution in [0.15, 0.2) is 90.8 Å². The number of anilines is 1. The van der Waals surface area contributed by atoms with Crippen LogP contribution in [0.25, 0.3) is 16.5 Å². The Morgan fingerprint density at radius 1 is 1.00 bits per heavy atom. The third-order valence-electron chi connectivity index (χ3n) is 5.91. The zero-order chi connectivity index (χ0) is 23.8. The Bertz CT molecular complexity index is 1460. The zero-order valence-electron chi connectivity index (χ0n) is 18.1. The standard InChI is InChI=1S/C27H19ClN2O4/c1-34-22-10-9-18(28)15-20(22)25(31)23-24(17-11-13-29-14-12-17)30(27(33)26(23)32)21-8-4-6-16-5-2-3-7-19(16)21/h2-15,24,31H,1H3/b25-23+. The lowest BCUT2D eigenvalue weighted by Gasteiger charge is -2.26. The van der Waals surface area contributed by atoms with Crippen LogP contribution in [0.4, 0.5) is 5.69 Å². The summed E-state index contributed by atoms with van der Waals surface area (Å²) >= 11 is 6.17. The van der Waals surface area contributed by atoms with Gasteiger partial charge in [-0.1, -0.05) is 48.0 Å². The van der Waals surface area contributed by atoms with Crippen molar-refractivity contribution in [3.63, 3.8) is 0 Å². The molecular formula is C27H19ClN2O4. The third-order valence-corrected chi connectivity index (χ3v) is 6.14. The summed E-state index contributed by atoms with van der Waals surface area (Å²) in [7, 11) is 1.45. The largest absolute Gasteiger partial charge is 0.507 e. The maximum absolute atomic E-state index is 13.5. The molecule has 1 unspecified atom stereocenters. The molecule has 1 aromatic heterocycles. The molecule has 2 heterocycles. The molecule has 1 aliphatic heterocycles. The highest BCUT2D eigenvalue weighted by Crippen LogP contribution is 2.45. The highest BCUT2D eigenvalue weighted by atomic mass is 35.5. The van der Waals surface area contributed by atoms with Crippen LogP contribution in [0.5, 0.6) is 5.75 Å². The van der Waals surface area contributed by atoms with E-state index >= 15 is 0 Å². The van der Waals surface area contributed by atoms with E-state index in [1.807, 2.05) is 36.4 Å². The van der Waals surface area contributed by atoms with E-state index in [2.05, 4.69) is 4.98 Å². The topological polar surface area (TPSA) is 79.7 Å². The number of hydrogen-bond donors (Lipinski definition) is 1. The lowest BCUT2D eigenvalue weighted by molar-refractivity contribution is -0.132. The second-order valence-electron chi connectivity index (χ2n) is 7.79. The molecule has 0 saturated carbocycles. The number of ketones is 1. The van der Waals surface area contributed by atoms with Crippen LogP contribution in [0.1, 0.15) is 17.2 Å². The van der Waals surface area contributed by atoms with E-state index < -0.39 is 17.7 Å². The van der Waals surface area contributed by atoms with E-state index in [-0.39, 0.29) is 16.9 Å². The van der Waals surface area contributed by atoms with Crippen LogP contribution in [0.3, 0.4) is 0 Å². The van der Waals surface area contributed by atoms with Crippen molar-refractivity contribution < 1.29 is 19.4 Å². The van der Waals surface area contributed by atoms with Gasteiger partial charge in [0.2, 0.25) is 0 Å². The van der Waals surface area contributed by atoms with Crippen LogP contribution >= 0.6 is 11.6 Å². The van der Waals surface area contributed by atoms with Gasteiger partial charge in [0.1, 0.15) is 11.5 Å². The van der Waals surface area contributed by atoms with Crippen molar-refractivity contribution in [2.45, 2.75) is 6.04 Å². The van der Waals surface area contributed by atoms with Crippen LogP contribution in [0, 0.1) is 0 Å². The van der Waals surface area contributed by atoms with Crippen LogP contribution < -0.4 is 9.64 Å². The number of ether oxygens (including phenoxy) is 1. The SMILES string of the molecule is COc1ccc(Cl)cc1/C(O)=C1\C(=O)C(=O)N(c2cccc3ccccc23)C1c1ccncc1. The summed E-state index contributed by atoms with van der Waals surface area (Å²) in [5.74, 6) is -1.57. The van der Waals surface area contributed by atoms with E-state index in [4.69, 9.17) is 16.3 Å². The number of halogens is 1. The third kappa shape index (κ3) is 3.49. The highest BCUT2D eigenvalue weighted by molar-refractivity contribution is 6.52. The summed E-state index contributed by atoms with van der Waals surface area (Å²) in [5, 5.41) is 13.5. The fraction of sp³-hybridized carbons (Fsp3) is 0.0741. The first-order valence-corrected chi connectivity index (χ1v) is 10.9. The number of Topliss-reactive ketones (excluding diaryl/α,β-unsaturated/α-hetero) is 1. The van der Waals surface area contributed by atoms with Crippen LogP contribution in [0.2, 0.25) is 5.02 Å². The molecule has 168 valence electrons. The molecule has 7 heteroatoms. The molecular weight excluding hydrogens is 452 g/mol. The quantitative estimate of drug-likeness (QED) is 0.241. The molecule has 34 heavy (non-hydrogen) atoms. The monoisotopic (exact) mass is 470 g/mol. The Morgan fingerprint density at radius 2 is 1.74 bits per heavy atom. The molecule has 0 radical (unpaired) electrons. The summed E-state index contributed by atoms with van der Waals surface area (Å²) in [6.07, 6.45) is 3.16. The lowest BCUT2D eigenvalue weighted by atomic mass is 9.95. The first-order valence-electron chi connectivity index (χ1n) is 10.5. The molecule has 4 aromatic rings. The van der Waals surface area contributed by atoms with E-state index in [1.54, 1.807) is 42.7 Å². The van der Waals surface area contributed by atoms with E-state index in [0.717, 1.165) is 10.8 Å². The number of nitrogens with zero attached hydrogens (tertiary/aromatic N) is 2. The Morgan fingerprint density at radius 3 is 2.50 bits per heavy atom. The number of aliphatic hydroxyl groups is 1. The van der Waals surface area contributed by atoms with Crippen molar-refractivity contribution in [3.8, 4) is 5.75 Å². The van der Waals surface area contributed by atoms with Crippen molar-refractivity contribution in [2.24, 2.45) is 0 Å². The predicted octanol–water partition coefficient (Wildman–Crippen LogP) is 5.52. The number of fused-ring (bicyclic) bond motifs is 1. The summed E-state index contributed by atoms with van der Waals surface area (Å²) in [6.45, 7) is 0. The van der Waals surface area contributed by atoms with Crippen molar-refractivity contribution in [1.29, 1.82) is 0 Å². The number of hydrogen-bond acceptors (Lipinski definition) is 5. The first-order chi connectivity index (χ1) is 16.5. The number of benzene rings is 3. The average Bonchev–Trinajstić information content (AvgIpc) is 3.14. The number of amides is 1. The number of pyridine rings is 1. The average molecular weight is 471 g/mol. The van der Waals surface area contributed by atoms with Gasteiger partial charge in [-0.05, 0) is 47.3 Å². The molecule has 1 fully saturated rings. The molecule has 1 aliphatic rings. The summed E-state index contributed by atoms with van der Waals surface area (Å²) in [6, 6.07) is 20.5. The molecule has 1 saturated heterocycles. The number of rotatable bonds is 4. The van der Waals surface area contributed by atoms with E-state index in [9.17, 15) is 14.7 Å². The van der Waals surface area contributed by atoms with Gasteiger partial charge in [-0.25, -0.2) is 0 Å². The summed E-state index contributed by atoms with van der Waals surface area (Å²) < 4.78 is 5.38. The maximum Gasteiger partial charge on any atom is 0.300 e. The second-order valence-corrected chi connectivity index (χ2v) is 8.23. The second kappa shape index (κ2) is 8.65. The zero-order valence-corrected chi connectivity index (χ0v) is 18.9. The van der Waals surface area contributed by atoms with Crippen LogP contribution in [-0.2, 0) is 9.59 Å². The number of aromatic nitrogens is 1. The van der Waals surface area contributed by atoms with Gasteiger partial charge in [-0.2, -0.15) is 0 Å². The minimum Gasteiger partial charge on any atom is -0.507 e. The minimum atomic E-state index is -0.877. The molecule has 0 spiro atoms. The van der Waals surface area contributed by atoms with Gasteiger partial charge in [0, 0.05) is 22.8 Å². The number of carbonyl (C=O) groups is 2. The number of methoxy groups -OCH3 is 1. The maximum atomic E-state index is 13.5. The molecule has 1 N–H and O–H groups in total. The van der Waals surface area contributed by atoms with Gasteiger partial charge in [-0.15, -0.1) is 0 Å². The minimum absolute atomic E-state index is 0.0512. The van der Waals surface area contributed by atoms with Crippen molar-refractivity contribution in [3.05, 3.63) is 107 Å². The molecule has 1 atom stereocenters. The Hall–Kier alpha value is -4.16. The molecule has 3 aromatic carbocycles. The van der Waals surface area contributed by atoms with Gasteiger partial charge in [-0.3, -0.25) is 19.5 Å².